The van der Waals surface area contributed by atoms with Crippen molar-refractivity contribution in [2.24, 2.45) is 5.92 Å². The van der Waals surface area contributed by atoms with E-state index in [-0.39, 0.29) is 36.6 Å². The van der Waals surface area contributed by atoms with Gasteiger partial charge in [-0.05, 0) is 31.5 Å². The number of hydrogen-bond donors (Lipinski definition) is 1. The van der Waals surface area contributed by atoms with E-state index in [0.717, 1.165) is 0 Å². The van der Waals surface area contributed by atoms with Gasteiger partial charge in [-0.1, -0.05) is 12.1 Å². The Morgan fingerprint density at radius 1 is 1.42 bits per heavy atom. The molecule has 0 aliphatic carbocycles. The Labute approximate surface area is 137 Å². The van der Waals surface area contributed by atoms with Gasteiger partial charge in [0.25, 0.3) is 0 Å². The van der Waals surface area contributed by atoms with Crippen molar-refractivity contribution in [3.63, 3.8) is 0 Å². The van der Waals surface area contributed by atoms with Gasteiger partial charge in [-0.25, -0.2) is 0 Å². The highest BCUT2D eigenvalue weighted by molar-refractivity contribution is 5.89. The molecular weight excluding hydrogens is 325 g/mol. The van der Waals surface area contributed by atoms with E-state index in [1.165, 1.54) is 18.2 Å². The molecule has 1 aliphatic rings. The van der Waals surface area contributed by atoms with Gasteiger partial charge in [0.05, 0.1) is 5.92 Å². The lowest BCUT2D eigenvalue weighted by Gasteiger charge is -2.20. The third kappa shape index (κ3) is 4.87. The highest BCUT2D eigenvalue weighted by Crippen LogP contribution is 2.24. The molecule has 1 heterocycles. The quantitative estimate of drug-likeness (QED) is 0.893. The van der Waals surface area contributed by atoms with E-state index in [1.807, 2.05) is 13.8 Å². The maximum atomic E-state index is 12.2. The van der Waals surface area contributed by atoms with E-state index in [4.69, 9.17) is 0 Å². The molecule has 2 rings (SSSR count). The topological polar surface area (TPSA) is 58.6 Å². The van der Waals surface area contributed by atoms with Crippen LogP contribution in [0, 0.1) is 5.92 Å². The van der Waals surface area contributed by atoms with Gasteiger partial charge in [-0.15, -0.1) is 13.2 Å². The monoisotopic (exact) mass is 344 g/mol. The number of ether oxygens (including phenoxy) is 1. The smallest absolute Gasteiger partial charge is 0.406 e. The van der Waals surface area contributed by atoms with Crippen molar-refractivity contribution >= 4 is 11.8 Å². The minimum Gasteiger partial charge on any atom is -0.406 e. The molecule has 8 heteroatoms. The Morgan fingerprint density at radius 3 is 2.71 bits per heavy atom. The normalized spacial score (nSPS) is 18.2. The zero-order chi connectivity index (χ0) is 17.9. The lowest BCUT2D eigenvalue weighted by molar-refractivity contribution is -0.274. The Balaban J connectivity index is 1.91. The molecule has 0 saturated carbocycles. The van der Waals surface area contributed by atoms with Crippen LogP contribution in [0.15, 0.2) is 24.3 Å². The largest absolute Gasteiger partial charge is 0.573 e. The van der Waals surface area contributed by atoms with Crippen molar-refractivity contribution in [1.82, 2.24) is 10.2 Å². The molecule has 132 valence electrons. The van der Waals surface area contributed by atoms with Crippen LogP contribution in [0.2, 0.25) is 0 Å². The van der Waals surface area contributed by atoms with Crippen LogP contribution < -0.4 is 10.1 Å². The average Bonchev–Trinajstić information content (AvgIpc) is 2.85. The maximum absolute atomic E-state index is 12.2. The summed E-state index contributed by atoms with van der Waals surface area (Å²) in [5.74, 6) is -1.12. The van der Waals surface area contributed by atoms with Crippen molar-refractivity contribution in [3.8, 4) is 5.75 Å². The molecule has 0 radical (unpaired) electrons. The summed E-state index contributed by atoms with van der Waals surface area (Å²) in [5, 5.41) is 2.66. The summed E-state index contributed by atoms with van der Waals surface area (Å²) < 4.78 is 40.4. The Hall–Kier alpha value is -2.25. The number of likely N-dealkylation sites (tertiary alicyclic amines) is 1. The van der Waals surface area contributed by atoms with Gasteiger partial charge in [-0.3, -0.25) is 9.59 Å². The number of amides is 2. The van der Waals surface area contributed by atoms with Crippen LogP contribution in [0.1, 0.15) is 25.8 Å². The second-order valence-electron chi connectivity index (χ2n) is 5.95. The third-order valence-electron chi connectivity index (χ3n) is 3.75. The fourth-order valence-corrected chi connectivity index (χ4v) is 2.59. The highest BCUT2D eigenvalue weighted by Gasteiger charge is 2.35. The highest BCUT2D eigenvalue weighted by atomic mass is 19.4. The Bertz CT molecular complexity index is 617. The van der Waals surface area contributed by atoms with E-state index in [9.17, 15) is 22.8 Å². The number of halogens is 3. The Kier molecular flexibility index (Phi) is 5.36. The number of nitrogens with zero attached hydrogens (tertiary/aromatic N) is 1. The molecule has 1 N–H and O–H groups in total. The molecule has 0 bridgehead atoms. The minimum atomic E-state index is -4.76. The summed E-state index contributed by atoms with van der Waals surface area (Å²) in [6.07, 6.45) is -4.60. The van der Waals surface area contributed by atoms with Crippen molar-refractivity contribution in [2.75, 3.05) is 6.54 Å². The van der Waals surface area contributed by atoms with Crippen molar-refractivity contribution < 1.29 is 27.5 Å². The lowest BCUT2D eigenvalue weighted by atomic mass is 10.1. The number of carbonyl (C=O) groups is 2. The lowest BCUT2D eigenvalue weighted by Crippen LogP contribution is -2.35. The van der Waals surface area contributed by atoms with E-state index in [1.54, 1.807) is 11.0 Å². The first-order valence-corrected chi connectivity index (χ1v) is 7.57. The second kappa shape index (κ2) is 7.11. The first-order chi connectivity index (χ1) is 11.2. The van der Waals surface area contributed by atoms with Gasteiger partial charge in [0.1, 0.15) is 5.75 Å². The third-order valence-corrected chi connectivity index (χ3v) is 3.75. The minimum absolute atomic E-state index is 0.0338. The summed E-state index contributed by atoms with van der Waals surface area (Å²) in [5.41, 5.74) is 0.482. The van der Waals surface area contributed by atoms with Crippen LogP contribution in [0.4, 0.5) is 13.2 Å². The van der Waals surface area contributed by atoms with Gasteiger partial charge in [0.2, 0.25) is 11.8 Å². The summed E-state index contributed by atoms with van der Waals surface area (Å²) in [6.45, 7) is 4.19. The molecule has 1 aromatic rings. The SMILES string of the molecule is CC(C)N1C[C@@H](C(=O)NCc2cccc(OC(F)(F)F)c2)CC1=O. The first-order valence-electron chi connectivity index (χ1n) is 7.57. The molecule has 1 aliphatic heterocycles. The summed E-state index contributed by atoms with van der Waals surface area (Å²) in [7, 11) is 0. The Morgan fingerprint density at radius 2 is 2.12 bits per heavy atom. The fourth-order valence-electron chi connectivity index (χ4n) is 2.59. The van der Waals surface area contributed by atoms with Crippen LogP contribution in [-0.2, 0) is 16.1 Å². The zero-order valence-electron chi connectivity index (χ0n) is 13.4. The van der Waals surface area contributed by atoms with E-state index in [0.29, 0.717) is 12.1 Å². The number of nitrogens with one attached hydrogen (secondary N) is 1. The van der Waals surface area contributed by atoms with Crippen molar-refractivity contribution in [3.05, 3.63) is 29.8 Å². The van der Waals surface area contributed by atoms with Gasteiger partial charge in [-0.2, -0.15) is 0 Å². The zero-order valence-corrected chi connectivity index (χ0v) is 13.4. The molecule has 0 unspecified atom stereocenters. The van der Waals surface area contributed by atoms with Gasteiger partial charge in [0.15, 0.2) is 0 Å². The molecule has 0 aromatic heterocycles. The van der Waals surface area contributed by atoms with Crippen LogP contribution in [-0.4, -0.2) is 35.7 Å². The molecule has 24 heavy (non-hydrogen) atoms. The molecule has 1 atom stereocenters. The van der Waals surface area contributed by atoms with E-state index >= 15 is 0 Å². The van der Waals surface area contributed by atoms with Gasteiger partial charge in [0, 0.05) is 25.6 Å². The summed E-state index contributed by atoms with van der Waals surface area (Å²) in [6, 6.07) is 5.45. The molecule has 2 amide bonds. The second-order valence-corrected chi connectivity index (χ2v) is 5.95. The van der Waals surface area contributed by atoms with Gasteiger partial charge >= 0.3 is 6.36 Å². The van der Waals surface area contributed by atoms with Crippen LogP contribution in [0.5, 0.6) is 5.75 Å². The number of alkyl halides is 3. The predicted molar refractivity (Wildman–Crippen MR) is 79.9 cm³/mol. The molecule has 1 saturated heterocycles. The van der Waals surface area contributed by atoms with Crippen molar-refractivity contribution in [1.29, 1.82) is 0 Å². The predicted octanol–water partition coefficient (Wildman–Crippen LogP) is 2.46. The molecule has 0 spiro atoms. The van der Waals surface area contributed by atoms with E-state index in [2.05, 4.69) is 10.1 Å². The number of hydrogen-bond acceptors (Lipinski definition) is 3. The summed E-state index contributed by atoms with van der Waals surface area (Å²) >= 11 is 0. The van der Waals surface area contributed by atoms with Crippen LogP contribution >= 0.6 is 0 Å². The van der Waals surface area contributed by atoms with Crippen LogP contribution in [0.25, 0.3) is 0 Å². The summed E-state index contributed by atoms with van der Waals surface area (Å²) in [4.78, 5) is 25.6. The maximum Gasteiger partial charge on any atom is 0.573 e. The molecule has 5 nitrogen and oxygen atoms in total. The van der Waals surface area contributed by atoms with Crippen LogP contribution in [0.3, 0.4) is 0 Å². The fraction of sp³-hybridized carbons (Fsp3) is 0.500. The van der Waals surface area contributed by atoms with Crippen molar-refractivity contribution in [2.45, 2.75) is 39.2 Å². The number of benzene rings is 1. The average molecular weight is 344 g/mol. The molecule has 1 fully saturated rings. The van der Waals surface area contributed by atoms with E-state index < -0.39 is 12.3 Å². The molecular formula is C16H19F3N2O3. The first kappa shape index (κ1) is 18.1. The number of carbonyl (C=O) groups excluding carboxylic acids is 2. The standard InChI is InChI=1S/C16H19F3N2O3/c1-10(2)21-9-12(7-14(21)22)15(23)20-8-11-4-3-5-13(6-11)24-16(17,18)19/h3-6,10,12H,7-9H2,1-2H3,(H,20,23)/t12-/m0/s1. The van der Waals surface area contributed by atoms with Gasteiger partial charge < -0.3 is 15.0 Å². The molecule has 1 aromatic carbocycles. The number of rotatable bonds is 5.